The Morgan fingerprint density at radius 3 is 2.77 bits per heavy atom. The van der Waals surface area contributed by atoms with E-state index < -0.39 is 0 Å². The molecule has 2 aromatic heterocycles. The molecule has 0 bridgehead atoms. The summed E-state index contributed by atoms with van der Waals surface area (Å²) in [7, 11) is 0. The van der Waals surface area contributed by atoms with E-state index in [9.17, 15) is 0 Å². The fourth-order valence-electron chi connectivity index (χ4n) is 1.11. The van der Waals surface area contributed by atoms with E-state index in [0.717, 1.165) is 17.0 Å². The number of nitrogens with zero attached hydrogens (tertiary/aromatic N) is 2. The topological polar surface area (TPSA) is 25.8 Å². The Bertz CT molecular complexity index is 379. The quantitative estimate of drug-likeness (QED) is 0.654. The fraction of sp³-hybridized carbons (Fsp3) is 0.0909. The van der Waals surface area contributed by atoms with Gasteiger partial charge >= 0.3 is 0 Å². The van der Waals surface area contributed by atoms with E-state index in [2.05, 4.69) is 16.2 Å². The molecule has 0 spiro atoms. The molecule has 2 nitrogen and oxygen atoms in total. The van der Waals surface area contributed by atoms with Crippen molar-refractivity contribution in [3.05, 3.63) is 48.4 Å². The lowest BCUT2D eigenvalue weighted by Crippen LogP contribution is -1.84. The number of hydrogen-bond donors (Lipinski definition) is 0. The third kappa shape index (κ3) is 1.72. The van der Waals surface area contributed by atoms with Crippen LogP contribution in [-0.2, 0) is 0 Å². The summed E-state index contributed by atoms with van der Waals surface area (Å²) in [6, 6.07) is 9.64. The van der Waals surface area contributed by atoms with Gasteiger partial charge in [-0.25, -0.2) is 4.98 Å². The van der Waals surface area contributed by atoms with Crippen LogP contribution in [0.3, 0.4) is 0 Å². The maximum absolute atomic E-state index is 4.20. The third-order valence-corrected chi connectivity index (χ3v) is 1.82. The van der Waals surface area contributed by atoms with Gasteiger partial charge in [-0.1, -0.05) is 6.07 Å². The normalized spacial score (nSPS) is 9.92. The second kappa shape index (κ2) is 3.35. The molecule has 2 rings (SSSR count). The highest BCUT2D eigenvalue weighted by Crippen LogP contribution is 2.14. The van der Waals surface area contributed by atoms with Gasteiger partial charge in [0.15, 0.2) is 0 Å². The van der Waals surface area contributed by atoms with Crippen LogP contribution in [0, 0.1) is 13.1 Å². The Morgan fingerprint density at radius 1 is 1.23 bits per heavy atom. The van der Waals surface area contributed by atoms with E-state index in [-0.39, 0.29) is 0 Å². The molecule has 0 aliphatic rings. The molecule has 0 fully saturated rings. The summed E-state index contributed by atoms with van der Waals surface area (Å²) in [4.78, 5) is 8.32. The summed E-state index contributed by atoms with van der Waals surface area (Å²) in [5, 5.41) is 0. The van der Waals surface area contributed by atoms with Crippen molar-refractivity contribution < 1.29 is 0 Å². The predicted octanol–water partition coefficient (Wildman–Crippen LogP) is 2.25. The molecule has 1 radical (unpaired) electrons. The largest absolute Gasteiger partial charge is 0.261 e. The van der Waals surface area contributed by atoms with Crippen molar-refractivity contribution in [1.29, 1.82) is 0 Å². The highest BCUT2D eigenvalue weighted by Gasteiger charge is 1.96. The molecular weight excluding hydrogens is 160 g/mol. The minimum Gasteiger partial charge on any atom is -0.261 e. The lowest BCUT2D eigenvalue weighted by Gasteiger charge is -1.98. The highest BCUT2D eigenvalue weighted by atomic mass is 14.7. The zero-order chi connectivity index (χ0) is 9.10. The predicted molar refractivity (Wildman–Crippen MR) is 51.0 cm³/mol. The maximum Gasteiger partial charge on any atom is 0.0893 e. The molecular formula is C11H9N2. The van der Waals surface area contributed by atoms with E-state index in [1.54, 1.807) is 6.07 Å². The molecule has 0 saturated heterocycles. The first-order chi connectivity index (χ1) is 6.36. The zero-order valence-electron chi connectivity index (χ0n) is 7.36. The SMILES string of the molecule is Cc1ccc(-c2ccc[c]n2)cn1. The van der Waals surface area contributed by atoms with Crippen molar-refractivity contribution in [2.24, 2.45) is 0 Å². The minimum atomic E-state index is 0.912. The summed E-state index contributed by atoms with van der Waals surface area (Å²) in [5.74, 6) is 0. The summed E-state index contributed by atoms with van der Waals surface area (Å²) < 4.78 is 0. The lowest BCUT2D eigenvalue weighted by atomic mass is 10.2. The van der Waals surface area contributed by atoms with Crippen molar-refractivity contribution in [2.45, 2.75) is 6.92 Å². The number of pyridine rings is 2. The van der Waals surface area contributed by atoms with Crippen LogP contribution in [0.2, 0.25) is 0 Å². The molecule has 2 heteroatoms. The number of aryl methyl sites for hydroxylation is 1. The van der Waals surface area contributed by atoms with Crippen LogP contribution in [0.4, 0.5) is 0 Å². The summed E-state index contributed by atoms with van der Waals surface area (Å²) in [5.41, 5.74) is 2.96. The van der Waals surface area contributed by atoms with Crippen LogP contribution in [0.15, 0.2) is 36.5 Å². The maximum atomic E-state index is 4.20. The van der Waals surface area contributed by atoms with E-state index in [1.807, 2.05) is 37.4 Å². The molecule has 0 saturated carbocycles. The van der Waals surface area contributed by atoms with E-state index in [4.69, 9.17) is 0 Å². The van der Waals surface area contributed by atoms with Gasteiger partial charge in [0.1, 0.15) is 0 Å². The Kier molecular flexibility index (Phi) is 2.04. The summed E-state index contributed by atoms with van der Waals surface area (Å²) >= 11 is 0. The Hall–Kier alpha value is -1.70. The van der Waals surface area contributed by atoms with Crippen molar-refractivity contribution in [3.8, 4) is 11.3 Å². The van der Waals surface area contributed by atoms with Gasteiger partial charge < -0.3 is 0 Å². The molecule has 0 unspecified atom stereocenters. The first-order valence-corrected chi connectivity index (χ1v) is 4.12. The van der Waals surface area contributed by atoms with Crippen LogP contribution in [0.1, 0.15) is 5.69 Å². The lowest BCUT2D eigenvalue weighted by molar-refractivity contribution is 1.19. The summed E-state index contributed by atoms with van der Waals surface area (Å²) in [6.07, 6.45) is 4.62. The standard InChI is InChI=1S/C11H9N2/c1-9-5-6-10(8-13-9)11-4-2-3-7-12-11/h2-6,8H,1H3. The van der Waals surface area contributed by atoms with Gasteiger partial charge in [-0.2, -0.15) is 0 Å². The average Bonchev–Trinajstić information content (AvgIpc) is 2.20. The van der Waals surface area contributed by atoms with E-state index in [0.29, 0.717) is 0 Å². The number of aromatic nitrogens is 2. The van der Waals surface area contributed by atoms with Gasteiger partial charge in [0, 0.05) is 17.5 Å². The summed E-state index contributed by atoms with van der Waals surface area (Å²) in [6.45, 7) is 1.97. The van der Waals surface area contributed by atoms with E-state index >= 15 is 0 Å². The zero-order valence-corrected chi connectivity index (χ0v) is 7.36. The molecule has 0 N–H and O–H groups in total. The van der Waals surface area contributed by atoms with Gasteiger partial charge in [-0.05, 0) is 31.2 Å². The molecule has 0 amide bonds. The number of hydrogen-bond acceptors (Lipinski definition) is 2. The molecule has 2 aromatic rings. The molecule has 2 heterocycles. The molecule has 0 aliphatic carbocycles. The van der Waals surface area contributed by atoms with Gasteiger partial charge in [0.25, 0.3) is 0 Å². The van der Waals surface area contributed by atoms with Crippen LogP contribution in [0.5, 0.6) is 0 Å². The van der Waals surface area contributed by atoms with Crippen molar-refractivity contribution >= 4 is 0 Å². The average molecular weight is 169 g/mol. The second-order valence-electron chi connectivity index (χ2n) is 2.84. The first kappa shape index (κ1) is 7.92. The Labute approximate surface area is 77.3 Å². The fourth-order valence-corrected chi connectivity index (χ4v) is 1.11. The number of rotatable bonds is 1. The first-order valence-electron chi connectivity index (χ1n) is 4.12. The Balaban J connectivity index is 2.42. The van der Waals surface area contributed by atoms with Crippen LogP contribution >= 0.6 is 0 Å². The highest BCUT2D eigenvalue weighted by molar-refractivity contribution is 5.57. The Morgan fingerprint density at radius 2 is 2.15 bits per heavy atom. The van der Waals surface area contributed by atoms with Gasteiger partial charge in [-0.15, -0.1) is 0 Å². The smallest absolute Gasteiger partial charge is 0.0893 e. The van der Waals surface area contributed by atoms with Crippen molar-refractivity contribution in [1.82, 2.24) is 9.97 Å². The molecule has 63 valence electrons. The van der Waals surface area contributed by atoms with E-state index in [1.165, 1.54) is 0 Å². The molecule has 0 atom stereocenters. The molecule has 13 heavy (non-hydrogen) atoms. The van der Waals surface area contributed by atoms with Crippen LogP contribution in [-0.4, -0.2) is 9.97 Å². The van der Waals surface area contributed by atoms with Crippen LogP contribution < -0.4 is 0 Å². The van der Waals surface area contributed by atoms with Crippen LogP contribution in [0.25, 0.3) is 11.3 Å². The van der Waals surface area contributed by atoms with Gasteiger partial charge in [-0.3, -0.25) is 4.98 Å². The van der Waals surface area contributed by atoms with Gasteiger partial charge in [0.2, 0.25) is 0 Å². The molecule has 0 aromatic carbocycles. The second-order valence-corrected chi connectivity index (χ2v) is 2.84. The minimum absolute atomic E-state index is 0.912. The monoisotopic (exact) mass is 169 g/mol. The third-order valence-electron chi connectivity index (χ3n) is 1.82. The van der Waals surface area contributed by atoms with Crippen molar-refractivity contribution in [3.63, 3.8) is 0 Å². The van der Waals surface area contributed by atoms with Crippen molar-refractivity contribution in [2.75, 3.05) is 0 Å². The molecule has 0 aliphatic heterocycles. The van der Waals surface area contributed by atoms with Gasteiger partial charge in [0.05, 0.1) is 11.9 Å².